The summed E-state index contributed by atoms with van der Waals surface area (Å²) in [6.45, 7) is 2.16. The quantitative estimate of drug-likeness (QED) is 0.456. The zero-order valence-corrected chi connectivity index (χ0v) is 15.8. The molecule has 0 saturated carbocycles. The predicted molar refractivity (Wildman–Crippen MR) is 102 cm³/mol. The van der Waals surface area contributed by atoms with Gasteiger partial charge in [-0.2, -0.15) is 0 Å². The molecule has 0 radical (unpaired) electrons. The van der Waals surface area contributed by atoms with Crippen LogP contribution in [0.2, 0.25) is 0 Å². The fourth-order valence-electron chi connectivity index (χ4n) is 2.94. The first-order valence-corrected chi connectivity index (χ1v) is 8.84. The molecular weight excluding hydrogens is 376 g/mol. The molecule has 1 atom stereocenters. The van der Waals surface area contributed by atoms with Crippen molar-refractivity contribution in [2.75, 3.05) is 11.9 Å². The summed E-state index contributed by atoms with van der Waals surface area (Å²) in [5.41, 5.74) is 1.26. The Kier molecular flexibility index (Phi) is 5.54. The summed E-state index contributed by atoms with van der Waals surface area (Å²) in [6, 6.07) is 11.4. The number of nitrogens with one attached hydrogen (secondary N) is 1. The zero-order valence-electron chi connectivity index (χ0n) is 15.8. The molecule has 3 rings (SSSR count). The Morgan fingerprint density at radius 3 is 2.21 bits per heavy atom. The summed E-state index contributed by atoms with van der Waals surface area (Å²) < 4.78 is 4.96. The lowest BCUT2D eigenvalue weighted by molar-refractivity contribution is -0.150. The molecule has 8 heteroatoms. The van der Waals surface area contributed by atoms with Gasteiger partial charge in [0.1, 0.15) is 6.04 Å². The molecule has 3 amide bonds. The van der Waals surface area contributed by atoms with Crippen LogP contribution in [0.3, 0.4) is 0 Å². The SMILES string of the molecule is CC(=O)c1cccc(NC(=O)COC(=O)[C@H](C)N2C(=O)c3ccccc3C2=O)c1. The van der Waals surface area contributed by atoms with Crippen molar-refractivity contribution in [3.63, 3.8) is 0 Å². The Morgan fingerprint density at radius 1 is 1.00 bits per heavy atom. The van der Waals surface area contributed by atoms with Crippen molar-refractivity contribution in [2.45, 2.75) is 19.9 Å². The van der Waals surface area contributed by atoms with Gasteiger partial charge in [-0.3, -0.25) is 24.1 Å². The summed E-state index contributed by atoms with van der Waals surface area (Å²) in [5, 5.41) is 2.52. The third-order valence-corrected chi connectivity index (χ3v) is 4.45. The minimum Gasteiger partial charge on any atom is -0.454 e. The molecule has 0 unspecified atom stereocenters. The van der Waals surface area contributed by atoms with Crippen molar-refractivity contribution in [1.82, 2.24) is 4.90 Å². The monoisotopic (exact) mass is 394 g/mol. The van der Waals surface area contributed by atoms with Crippen LogP contribution < -0.4 is 5.32 Å². The van der Waals surface area contributed by atoms with Crippen LogP contribution in [0.25, 0.3) is 0 Å². The molecule has 1 aliphatic heterocycles. The first kappa shape index (κ1) is 19.9. The Labute approximate surface area is 166 Å². The average Bonchev–Trinajstić information content (AvgIpc) is 2.96. The number of fused-ring (bicyclic) bond motifs is 1. The fraction of sp³-hybridized carbons (Fsp3) is 0.190. The summed E-state index contributed by atoms with van der Waals surface area (Å²) in [7, 11) is 0. The first-order valence-electron chi connectivity index (χ1n) is 8.84. The number of nitrogens with zero attached hydrogens (tertiary/aromatic N) is 1. The number of amides is 3. The normalized spacial score (nSPS) is 13.7. The molecule has 2 aromatic carbocycles. The summed E-state index contributed by atoms with van der Waals surface area (Å²) >= 11 is 0. The number of esters is 1. The molecule has 1 heterocycles. The molecular formula is C21H18N2O6. The zero-order chi connectivity index (χ0) is 21.1. The number of imide groups is 1. The van der Waals surface area contributed by atoms with Crippen molar-refractivity contribution in [3.8, 4) is 0 Å². The largest absolute Gasteiger partial charge is 0.454 e. The van der Waals surface area contributed by atoms with Gasteiger partial charge in [-0.05, 0) is 38.1 Å². The van der Waals surface area contributed by atoms with E-state index < -0.39 is 36.3 Å². The number of Topliss-reactive ketones (excluding diaryl/α,β-unsaturated/α-hetero) is 1. The summed E-state index contributed by atoms with van der Waals surface area (Å²) in [5.74, 6) is -2.82. The maximum atomic E-state index is 12.4. The number of ether oxygens (including phenoxy) is 1. The lowest BCUT2D eigenvalue weighted by Gasteiger charge is -2.20. The van der Waals surface area contributed by atoms with Crippen LogP contribution in [0.15, 0.2) is 48.5 Å². The van der Waals surface area contributed by atoms with Crippen molar-refractivity contribution in [3.05, 3.63) is 65.2 Å². The summed E-state index contributed by atoms with van der Waals surface area (Å²) in [4.78, 5) is 61.3. The van der Waals surface area contributed by atoms with Gasteiger partial charge < -0.3 is 10.1 Å². The van der Waals surface area contributed by atoms with Crippen molar-refractivity contribution < 1.29 is 28.7 Å². The molecule has 1 aliphatic rings. The molecule has 0 spiro atoms. The number of hydrogen-bond donors (Lipinski definition) is 1. The van der Waals surface area contributed by atoms with Gasteiger partial charge in [-0.15, -0.1) is 0 Å². The van der Waals surface area contributed by atoms with Crippen molar-refractivity contribution >= 4 is 35.2 Å². The number of benzene rings is 2. The second-order valence-corrected chi connectivity index (χ2v) is 6.49. The van der Waals surface area contributed by atoms with Gasteiger partial charge >= 0.3 is 5.97 Å². The highest BCUT2D eigenvalue weighted by Gasteiger charge is 2.41. The molecule has 148 valence electrons. The molecule has 0 fully saturated rings. The van der Waals surface area contributed by atoms with Gasteiger partial charge in [0.2, 0.25) is 0 Å². The lowest BCUT2D eigenvalue weighted by Crippen LogP contribution is -2.44. The van der Waals surface area contributed by atoms with Crippen molar-refractivity contribution in [1.29, 1.82) is 0 Å². The van der Waals surface area contributed by atoms with Crippen LogP contribution in [0, 0.1) is 0 Å². The molecule has 8 nitrogen and oxygen atoms in total. The van der Waals surface area contributed by atoms with Crippen LogP contribution in [0.1, 0.15) is 44.9 Å². The van der Waals surface area contributed by atoms with Gasteiger partial charge in [0, 0.05) is 11.3 Å². The molecule has 0 bridgehead atoms. The lowest BCUT2D eigenvalue weighted by atomic mass is 10.1. The molecule has 0 saturated heterocycles. The average molecular weight is 394 g/mol. The van der Waals surface area contributed by atoms with Gasteiger partial charge in [-0.25, -0.2) is 4.79 Å². The highest BCUT2D eigenvalue weighted by atomic mass is 16.5. The maximum Gasteiger partial charge on any atom is 0.329 e. The fourth-order valence-corrected chi connectivity index (χ4v) is 2.94. The number of rotatable bonds is 6. The van der Waals surface area contributed by atoms with Crippen LogP contribution in [0.5, 0.6) is 0 Å². The highest BCUT2D eigenvalue weighted by molar-refractivity contribution is 6.22. The predicted octanol–water partition coefficient (Wildman–Crippen LogP) is 2.06. The number of ketones is 1. The van der Waals surface area contributed by atoms with E-state index in [1.165, 1.54) is 32.0 Å². The van der Waals surface area contributed by atoms with Crippen LogP contribution in [-0.4, -0.2) is 47.0 Å². The van der Waals surface area contributed by atoms with Crippen molar-refractivity contribution in [2.24, 2.45) is 0 Å². The second-order valence-electron chi connectivity index (χ2n) is 6.49. The van der Waals surface area contributed by atoms with Gasteiger partial charge in [0.05, 0.1) is 11.1 Å². The molecule has 29 heavy (non-hydrogen) atoms. The number of anilines is 1. The van der Waals surface area contributed by atoms with Gasteiger partial charge in [-0.1, -0.05) is 24.3 Å². The topological polar surface area (TPSA) is 110 Å². The minimum atomic E-state index is -1.18. The van der Waals surface area contributed by atoms with Gasteiger partial charge in [0.25, 0.3) is 17.7 Å². The van der Waals surface area contributed by atoms with E-state index in [0.29, 0.717) is 11.3 Å². The Balaban J connectivity index is 1.59. The first-order chi connectivity index (χ1) is 13.8. The van der Waals surface area contributed by atoms with E-state index in [0.717, 1.165) is 4.90 Å². The third kappa shape index (κ3) is 4.06. The molecule has 2 aromatic rings. The highest BCUT2D eigenvalue weighted by Crippen LogP contribution is 2.24. The van der Waals surface area contributed by atoms with Crippen LogP contribution >= 0.6 is 0 Å². The van der Waals surface area contributed by atoms with E-state index in [1.54, 1.807) is 30.3 Å². The maximum absolute atomic E-state index is 12.4. The number of hydrogen-bond acceptors (Lipinski definition) is 6. The van der Waals surface area contributed by atoms with E-state index in [-0.39, 0.29) is 16.9 Å². The smallest absolute Gasteiger partial charge is 0.329 e. The van der Waals surface area contributed by atoms with E-state index in [2.05, 4.69) is 5.32 Å². The van der Waals surface area contributed by atoms with E-state index in [1.807, 2.05) is 0 Å². The van der Waals surface area contributed by atoms with E-state index >= 15 is 0 Å². The van der Waals surface area contributed by atoms with Gasteiger partial charge in [0.15, 0.2) is 12.4 Å². The summed E-state index contributed by atoms with van der Waals surface area (Å²) in [6.07, 6.45) is 0. The molecule has 1 N–H and O–H groups in total. The number of carbonyl (C=O) groups excluding carboxylic acids is 5. The third-order valence-electron chi connectivity index (χ3n) is 4.45. The second kappa shape index (κ2) is 8.05. The number of carbonyl (C=O) groups is 5. The van der Waals surface area contributed by atoms with E-state index in [4.69, 9.17) is 4.74 Å². The minimum absolute atomic E-state index is 0.151. The molecule has 0 aromatic heterocycles. The molecule has 0 aliphatic carbocycles. The van der Waals surface area contributed by atoms with E-state index in [9.17, 15) is 24.0 Å². The Hall–Kier alpha value is -3.81. The van der Waals surface area contributed by atoms with Crippen LogP contribution in [0.4, 0.5) is 5.69 Å². The van der Waals surface area contributed by atoms with Crippen LogP contribution in [-0.2, 0) is 14.3 Å². The Bertz CT molecular complexity index is 994. The standard InChI is InChI=1S/C21H18N2O6/c1-12(23-19(26)16-8-3-4-9-17(16)20(23)27)21(28)29-11-18(25)22-15-7-5-6-14(10-15)13(2)24/h3-10,12H,11H2,1-2H3,(H,22,25)/t12-/m0/s1. The Morgan fingerprint density at radius 2 is 1.62 bits per heavy atom.